The standard InChI is InChI=1S/C10H13NO4.C6H14N2O2/c1-11-7(10(14)15)4-6-2-3-8(12)9(13)5-6;7-4-2-1-3-5(8)6(9)10/h2-3,5,7,11-13H,4H2,1H3,(H,14,15);5H,1-4,7-8H2,(H,9,10)/t7-;5-/m00/s1. The molecule has 25 heavy (non-hydrogen) atoms. The maximum absolute atomic E-state index is 10.7. The number of aliphatic carboxylic acids is 2. The lowest BCUT2D eigenvalue weighted by Gasteiger charge is -2.11. The number of hydrogen-bond acceptors (Lipinski definition) is 7. The number of benzene rings is 1. The van der Waals surface area contributed by atoms with Crippen molar-refractivity contribution in [3.05, 3.63) is 23.8 Å². The molecule has 0 amide bonds. The minimum Gasteiger partial charge on any atom is -0.504 e. The molecule has 1 aromatic carbocycles. The number of carboxylic acids is 2. The SMILES string of the molecule is CN[C@@H](Cc1ccc(O)c(O)c1)C(=O)O.NCCCC[C@H](N)C(=O)O. The van der Waals surface area contributed by atoms with Crippen molar-refractivity contribution in [2.24, 2.45) is 11.5 Å². The number of hydrogen-bond donors (Lipinski definition) is 7. The molecule has 0 heterocycles. The van der Waals surface area contributed by atoms with Crippen molar-refractivity contribution in [2.45, 2.75) is 37.8 Å². The quantitative estimate of drug-likeness (QED) is 0.233. The van der Waals surface area contributed by atoms with Crippen LogP contribution in [0.4, 0.5) is 0 Å². The zero-order chi connectivity index (χ0) is 19.4. The van der Waals surface area contributed by atoms with E-state index in [9.17, 15) is 14.7 Å². The van der Waals surface area contributed by atoms with E-state index in [1.165, 1.54) is 12.1 Å². The van der Waals surface area contributed by atoms with Gasteiger partial charge >= 0.3 is 11.9 Å². The summed E-state index contributed by atoms with van der Waals surface area (Å²) < 4.78 is 0. The van der Waals surface area contributed by atoms with Crippen LogP contribution in [-0.4, -0.2) is 58.0 Å². The highest BCUT2D eigenvalue weighted by Gasteiger charge is 2.15. The summed E-state index contributed by atoms with van der Waals surface area (Å²) in [5, 5.41) is 38.0. The van der Waals surface area contributed by atoms with Gasteiger partial charge in [-0.25, -0.2) is 0 Å². The smallest absolute Gasteiger partial charge is 0.321 e. The molecule has 0 fully saturated rings. The van der Waals surface area contributed by atoms with Crippen LogP contribution in [0.5, 0.6) is 11.5 Å². The van der Waals surface area contributed by atoms with Gasteiger partial charge in [-0.1, -0.05) is 12.5 Å². The molecule has 9 nitrogen and oxygen atoms in total. The number of carboxylic acid groups (broad SMARTS) is 2. The molecule has 1 rings (SSSR count). The van der Waals surface area contributed by atoms with Crippen molar-refractivity contribution in [3.8, 4) is 11.5 Å². The highest BCUT2D eigenvalue weighted by atomic mass is 16.4. The van der Waals surface area contributed by atoms with E-state index in [1.54, 1.807) is 13.1 Å². The minimum absolute atomic E-state index is 0.213. The second-order valence-electron chi connectivity index (χ2n) is 5.44. The number of carbonyl (C=O) groups is 2. The number of aromatic hydroxyl groups is 2. The maximum atomic E-state index is 10.7. The largest absolute Gasteiger partial charge is 0.504 e. The van der Waals surface area contributed by atoms with Gasteiger partial charge in [-0.3, -0.25) is 9.59 Å². The number of phenols is 2. The van der Waals surface area contributed by atoms with E-state index >= 15 is 0 Å². The molecule has 9 heteroatoms. The minimum atomic E-state index is -0.954. The van der Waals surface area contributed by atoms with Gasteiger partial charge in [0.05, 0.1) is 0 Å². The summed E-state index contributed by atoms with van der Waals surface area (Å²) in [5.41, 5.74) is 11.1. The van der Waals surface area contributed by atoms with Gasteiger partial charge in [0, 0.05) is 0 Å². The van der Waals surface area contributed by atoms with Gasteiger partial charge in [0.1, 0.15) is 12.1 Å². The van der Waals surface area contributed by atoms with Crippen molar-refractivity contribution in [1.29, 1.82) is 0 Å². The molecule has 0 aromatic heterocycles. The van der Waals surface area contributed by atoms with E-state index in [1.807, 2.05) is 0 Å². The molecular weight excluding hydrogens is 330 g/mol. The van der Waals surface area contributed by atoms with Gasteiger partial charge in [-0.2, -0.15) is 0 Å². The molecule has 0 unspecified atom stereocenters. The summed E-state index contributed by atoms with van der Waals surface area (Å²) in [6.45, 7) is 0.604. The average Bonchev–Trinajstić information content (AvgIpc) is 2.56. The molecule has 0 radical (unpaired) electrons. The van der Waals surface area contributed by atoms with Crippen LogP contribution in [0.15, 0.2) is 18.2 Å². The lowest BCUT2D eigenvalue weighted by atomic mass is 10.1. The lowest BCUT2D eigenvalue weighted by molar-refractivity contribution is -0.140. The molecule has 0 spiro atoms. The van der Waals surface area contributed by atoms with E-state index in [4.69, 9.17) is 26.8 Å². The van der Waals surface area contributed by atoms with Crippen molar-refractivity contribution < 1.29 is 30.0 Å². The third-order valence-corrected chi connectivity index (χ3v) is 3.41. The van der Waals surface area contributed by atoms with Crippen LogP contribution in [0.1, 0.15) is 24.8 Å². The predicted molar refractivity (Wildman–Crippen MR) is 92.5 cm³/mol. The first-order valence-electron chi connectivity index (χ1n) is 7.82. The van der Waals surface area contributed by atoms with Crippen LogP contribution in [0.3, 0.4) is 0 Å². The summed E-state index contributed by atoms with van der Waals surface area (Å²) in [4.78, 5) is 20.8. The van der Waals surface area contributed by atoms with Gasteiger partial charge in [-0.15, -0.1) is 0 Å². The van der Waals surface area contributed by atoms with E-state index in [-0.39, 0.29) is 17.9 Å². The number of unbranched alkanes of at least 4 members (excludes halogenated alkanes) is 1. The van der Waals surface area contributed by atoms with E-state index < -0.39 is 24.0 Å². The molecule has 9 N–H and O–H groups in total. The summed E-state index contributed by atoms with van der Waals surface area (Å²) >= 11 is 0. The summed E-state index contributed by atoms with van der Waals surface area (Å²) in [6, 6.07) is 2.84. The summed E-state index contributed by atoms with van der Waals surface area (Å²) in [5.74, 6) is -2.34. The Balaban J connectivity index is 0.000000504. The third kappa shape index (κ3) is 9.50. The Morgan fingerprint density at radius 1 is 1.12 bits per heavy atom. The Labute approximate surface area is 146 Å². The topological polar surface area (TPSA) is 179 Å². The fourth-order valence-corrected chi connectivity index (χ4v) is 1.88. The lowest BCUT2D eigenvalue weighted by Crippen LogP contribution is -2.35. The number of likely N-dealkylation sites (N-methyl/N-ethyl adjacent to an activating group) is 1. The zero-order valence-corrected chi connectivity index (χ0v) is 14.2. The van der Waals surface area contributed by atoms with Crippen LogP contribution < -0.4 is 16.8 Å². The van der Waals surface area contributed by atoms with Gasteiger partial charge in [0.15, 0.2) is 11.5 Å². The Morgan fingerprint density at radius 3 is 2.20 bits per heavy atom. The molecule has 0 aliphatic heterocycles. The van der Waals surface area contributed by atoms with Crippen molar-refractivity contribution in [1.82, 2.24) is 5.32 Å². The molecular formula is C16H27N3O6. The first kappa shape index (κ1) is 22.6. The fourth-order valence-electron chi connectivity index (χ4n) is 1.88. The Bertz CT molecular complexity index is 553. The third-order valence-electron chi connectivity index (χ3n) is 3.41. The number of rotatable bonds is 9. The van der Waals surface area contributed by atoms with Crippen molar-refractivity contribution in [2.75, 3.05) is 13.6 Å². The van der Waals surface area contributed by atoms with E-state index in [2.05, 4.69) is 5.32 Å². The molecule has 142 valence electrons. The number of nitrogens with two attached hydrogens (primary N) is 2. The van der Waals surface area contributed by atoms with E-state index in [0.717, 1.165) is 12.8 Å². The first-order chi connectivity index (χ1) is 11.7. The van der Waals surface area contributed by atoms with Crippen molar-refractivity contribution >= 4 is 11.9 Å². The van der Waals surface area contributed by atoms with Gasteiger partial charge in [-0.05, 0) is 50.6 Å². The normalized spacial score (nSPS) is 12.6. The molecule has 0 bridgehead atoms. The first-order valence-corrected chi connectivity index (χ1v) is 7.82. The van der Waals surface area contributed by atoms with Gasteiger partial charge in [0.2, 0.25) is 0 Å². The van der Waals surface area contributed by atoms with E-state index in [0.29, 0.717) is 18.5 Å². The zero-order valence-electron chi connectivity index (χ0n) is 14.2. The molecule has 0 aliphatic rings. The van der Waals surface area contributed by atoms with Gasteiger partial charge < -0.3 is 37.2 Å². The monoisotopic (exact) mass is 357 g/mol. The highest BCUT2D eigenvalue weighted by molar-refractivity contribution is 5.74. The maximum Gasteiger partial charge on any atom is 0.321 e. The highest BCUT2D eigenvalue weighted by Crippen LogP contribution is 2.25. The summed E-state index contributed by atoms with van der Waals surface area (Å²) in [7, 11) is 1.55. The second kappa shape index (κ2) is 12.1. The summed E-state index contributed by atoms with van der Waals surface area (Å²) in [6.07, 6.45) is 2.41. The Morgan fingerprint density at radius 2 is 1.76 bits per heavy atom. The van der Waals surface area contributed by atoms with Crippen LogP contribution >= 0.6 is 0 Å². The predicted octanol–water partition coefficient (Wildman–Crippen LogP) is -0.160. The van der Waals surface area contributed by atoms with Gasteiger partial charge in [0.25, 0.3) is 0 Å². The molecule has 0 aliphatic carbocycles. The second-order valence-corrected chi connectivity index (χ2v) is 5.44. The molecule has 0 saturated heterocycles. The molecule has 1 aromatic rings. The molecule has 2 atom stereocenters. The fraction of sp³-hybridized carbons (Fsp3) is 0.500. The van der Waals surface area contributed by atoms with Crippen LogP contribution in [0.2, 0.25) is 0 Å². The van der Waals surface area contributed by atoms with Crippen LogP contribution in [-0.2, 0) is 16.0 Å². The number of phenolic OH excluding ortho intramolecular Hbond substituents is 2. The number of nitrogens with one attached hydrogen (secondary N) is 1. The van der Waals surface area contributed by atoms with Crippen LogP contribution in [0.25, 0.3) is 0 Å². The van der Waals surface area contributed by atoms with Crippen LogP contribution in [0, 0.1) is 0 Å². The average molecular weight is 357 g/mol. The molecule has 0 saturated carbocycles. The Hall–Kier alpha value is -2.36. The Kier molecular flexibility index (Phi) is 10.9. The van der Waals surface area contributed by atoms with Crippen molar-refractivity contribution in [3.63, 3.8) is 0 Å².